The molecule has 1 aromatic heterocycles. The lowest BCUT2D eigenvalue weighted by Gasteiger charge is -2.43. The highest BCUT2D eigenvalue weighted by atomic mass is 16.7. The van der Waals surface area contributed by atoms with Gasteiger partial charge in [0, 0.05) is 63.9 Å². The second-order valence-corrected chi connectivity index (χ2v) is 12.1. The normalized spacial score (nSPS) is 19.4. The minimum Gasteiger partial charge on any atom is -0.497 e. The molecule has 3 saturated heterocycles. The zero-order valence-corrected chi connectivity index (χ0v) is 27.7. The maximum absolute atomic E-state index is 12.6. The number of nitrogens with one attached hydrogen (secondary N) is 2. The minimum atomic E-state index is -0.273. The third kappa shape index (κ3) is 7.45. The van der Waals surface area contributed by atoms with Gasteiger partial charge >= 0.3 is 0 Å². The number of piperazine rings is 1. The summed E-state index contributed by atoms with van der Waals surface area (Å²) in [7, 11) is 3.31. The number of rotatable bonds is 11. The standard InChI is InChI=1S/C35H46N8O4/c1-5-35(44)39-28-21-29(32(46-4)22-31(28)42-13-10-26(11-14-42)41-17-15-40(6-2)16-18-41)38-33-23-34(37-24-36-33)43-30(12-19-47-43)25-8-7-9-27(20-25)45-3/h5,7-9,20-24,26,30H,1,6,10-19H2,2-4H3,(H,39,44)(H,36,37,38)/t30-/m1/s1. The Hall–Kier alpha value is -4.39. The van der Waals surface area contributed by atoms with Crippen molar-refractivity contribution in [3.8, 4) is 11.5 Å². The maximum Gasteiger partial charge on any atom is 0.247 e. The SMILES string of the molecule is C=CC(=O)Nc1cc(Nc2cc(N3OCC[C@@H]3c3cccc(OC)c3)ncn2)c(OC)cc1N1CCC(N2CCN(CC)CC2)CC1. The number of ether oxygens (including phenoxy) is 2. The molecular formula is C35H46N8O4. The average molecular weight is 643 g/mol. The Kier molecular flexibility index (Phi) is 10.4. The molecular weight excluding hydrogens is 596 g/mol. The molecule has 4 heterocycles. The predicted molar refractivity (Wildman–Crippen MR) is 185 cm³/mol. The van der Waals surface area contributed by atoms with Crippen molar-refractivity contribution in [2.75, 3.05) is 87.2 Å². The lowest BCUT2D eigenvalue weighted by Crippen LogP contribution is -2.53. The topological polar surface area (TPSA) is 108 Å². The van der Waals surface area contributed by atoms with Gasteiger partial charge in [0.15, 0.2) is 5.82 Å². The first kappa shape index (κ1) is 32.5. The van der Waals surface area contributed by atoms with Gasteiger partial charge < -0.3 is 29.9 Å². The van der Waals surface area contributed by atoms with E-state index in [1.54, 1.807) is 14.2 Å². The number of hydroxylamine groups is 1. The fourth-order valence-electron chi connectivity index (χ4n) is 6.82. The van der Waals surface area contributed by atoms with Crippen LogP contribution in [0.15, 0.2) is 61.4 Å². The zero-order chi connectivity index (χ0) is 32.8. The van der Waals surface area contributed by atoms with Crippen molar-refractivity contribution in [1.82, 2.24) is 19.8 Å². The van der Waals surface area contributed by atoms with Crippen LogP contribution in [0.3, 0.4) is 0 Å². The minimum absolute atomic E-state index is 0.0209. The summed E-state index contributed by atoms with van der Waals surface area (Å²) in [6.07, 6.45) is 5.75. The van der Waals surface area contributed by atoms with Crippen LogP contribution in [0.1, 0.15) is 37.8 Å². The summed E-state index contributed by atoms with van der Waals surface area (Å²) in [5.74, 6) is 2.35. The van der Waals surface area contributed by atoms with E-state index in [4.69, 9.17) is 14.3 Å². The second kappa shape index (κ2) is 15.0. The lowest BCUT2D eigenvalue weighted by atomic mass is 10.0. The highest BCUT2D eigenvalue weighted by Gasteiger charge is 2.31. The first-order valence-electron chi connectivity index (χ1n) is 16.5. The van der Waals surface area contributed by atoms with Crippen LogP contribution < -0.4 is 30.1 Å². The Balaban J connectivity index is 1.21. The van der Waals surface area contributed by atoms with Crippen LogP contribution in [0.5, 0.6) is 11.5 Å². The Morgan fingerprint density at radius 3 is 2.53 bits per heavy atom. The molecule has 6 rings (SSSR count). The van der Waals surface area contributed by atoms with Gasteiger partial charge in [0.25, 0.3) is 0 Å². The van der Waals surface area contributed by atoms with Crippen molar-refractivity contribution in [3.63, 3.8) is 0 Å². The Labute approximate surface area is 277 Å². The number of anilines is 5. The molecule has 12 heteroatoms. The summed E-state index contributed by atoms with van der Waals surface area (Å²) in [5, 5.41) is 8.25. The fourth-order valence-corrected chi connectivity index (χ4v) is 6.82. The third-order valence-electron chi connectivity index (χ3n) is 9.46. The molecule has 0 saturated carbocycles. The molecule has 2 N–H and O–H groups in total. The van der Waals surface area contributed by atoms with Gasteiger partial charge in [-0.15, -0.1) is 0 Å². The zero-order valence-electron chi connectivity index (χ0n) is 27.7. The number of carbonyl (C=O) groups is 1. The highest BCUT2D eigenvalue weighted by Crippen LogP contribution is 2.41. The van der Waals surface area contributed by atoms with Crippen molar-refractivity contribution < 1.29 is 19.1 Å². The van der Waals surface area contributed by atoms with Crippen LogP contribution in [0.4, 0.5) is 28.7 Å². The molecule has 0 bridgehead atoms. The van der Waals surface area contributed by atoms with E-state index in [1.807, 2.05) is 41.5 Å². The summed E-state index contributed by atoms with van der Waals surface area (Å²) in [5.41, 5.74) is 3.35. The molecule has 2 aromatic carbocycles. The number of nitrogens with zero attached hydrogens (tertiary/aromatic N) is 6. The van der Waals surface area contributed by atoms with E-state index in [0.717, 1.165) is 82.1 Å². The van der Waals surface area contributed by atoms with E-state index in [9.17, 15) is 4.79 Å². The Bertz CT molecular complexity index is 1540. The van der Waals surface area contributed by atoms with Crippen molar-refractivity contribution >= 4 is 34.6 Å². The summed E-state index contributed by atoms with van der Waals surface area (Å²) >= 11 is 0. The summed E-state index contributed by atoms with van der Waals surface area (Å²) in [6, 6.07) is 14.3. The van der Waals surface area contributed by atoms with E-state index in [0.29, 0.717) is 41.4 Å². The van der Waals surface area contributed by atoms with Crippen molar-refractivity contribution in [3.05, 3.63) is 67.0 Å². The van der Waals surface area contributed by atoms with Crippen LogP contribution in [-0.4, -0.2) is 98.4 Å². The van der Waals surface area contributed by atoms with Gasteiger partial charge in [-0.3, -0.25) is 14.5 Å². The van der Waals surface area contributed by atoms with E-state index in [-0.39, 0.29) is 11.9 Å². The molecule has 1 atom stereocenters. The maximum atomic E-state index is 12.6. The van der Waals surface area contributed by atoms with Crippen molar-refractivity contribution in [2.45, 2.75) is 38.3 Å². The Morgan fingerprint density at radius 1 is 1.00 bits per heavy atom. The van der Waals surface area contributed by atoms with Gasteiger partial charge in [0.05, 0.1) is 43.9 Å². The number of aromatic nitrogens is 2. The number of amides is 1. The van der Waals surface area contributed by atoms with Crippen LogP contribution in [0, 0.1) is 0 Å². The summed E-state index contributed by atoms with van der Waals surface area (Å²) in [6.45, 7) is 13.9. The fraction of sp³-hybridized carbons (Fsp3) is 0.457. The van der Waals surface area contributed by atoms with Crippen molar-refractivity contribution in [2.24, 2.45) is 0 Å². The molecule has 3 aliphatic heterocycles. The number of carbonyl (C=O) groups excluding carboxylic acids is 1. The largest absolute Gasteiger partial charge is 0.497 e. The van der Waals surface area contributed by atoms with Gasteiger partial charge in [-0.25, -0.2) is 15.0 Å². The molecule has 47 heavy (non-hydrogen) atoms. The summed E-state index contributed by atoms with van der Waals surface area (Å²) in [4.78, 5) is 35.1. The monoisotopic (exact) mass is 642 g/mol. The lowest BCUT2D eigenvalue weighted by molar-refractivity contribution is -0.111. The highest BCUT2D eigenvalue weighted by molar-refractivity contribution is 6.02. The molecule has 1 amide bonds. The summed E-state index contributed by atoms with van der Waals surface area (Å²) < 4.78 is 11.3. The first-order valence-corrected chi connectivity index (χ1v) is 16.5. The molecule has 0 unspecified atom stereocenters. The van der Waals surface area contributed by atoms with Gasteiger partial charge in [-0.2, -0.15) is 0 Å². The smallest absolute Gasteiger partial charge is 0.247 e. The van der Waals surface area contributed by atoms with E-state index in [1.165, 1.54) is 12.4 Å². The molecule has 0 radical (unpaired) electrons. The van der Waals surface area contributed by atoms with Gasteiger partial charge in [-0.05, 0) is 49.2 Å². The molecule has 12 nitrogen and oxygen atoms in total. The van der Waals surface area contributed by atoms with Gasteiger partial charge in [0.2, 0.25) is 5.91 Å². The number of likely N-dealkylation sites (N-methyl/N-ethyl adjacent to an activating group) is 1. The van der Waals surface area contributed by atoms with Crippen LogP contribution >= 0.6 is 0 Å². The van der Waals surface area contributed by atoms with Crippen LogP contribution in [-0.2, 0) is 9.63 Å². The number of hydrogen-bond donors (Lipinski definition) is 2. The van der Waals surface area contributed by atoms with Gasteiger partial charge in [0.1, 0.15) is 23.6 Å². The average Bonchev–Trinajstić information content (AvgIpc) is 3.62. The predicted octanol–water partition coefficient (Wildman–Crippen LogP) is 4.85. The van der Waals surface area contributed by atoms with Crippen molar-refractivity contribution in [1.29, 1.82) is 0 Å². The second-order valence-electron chi connectivity index (χ2n) is 12.1. The first-order chi connectivity index (χ1) is 23.0. The van der Waals surface area contributed by atoms with Crippen LogP contribution in [0.2, 0.25) is 0 Å². The molecule has 3 aromatic rings. The van der Waals surface area contributed by atoms with E-state index < -0.39 is 0 Å². The Morgan fingerprint density at radius 2 is 1.81 bits per heavy atom. The van der Waals surface area contributed by atoms with E-state index >= 15 is 0 Å². The molecule has 3 aliphatic rings. The number of hydrogen-bond acceptors (Lipinski definition) is 11. The quantitative estimate of drug-likeness (QED) is 0.280. The molecule has 0 aliphatic carbocycles. The number of methoxy groups -OCH3 is 2. The van der Waals surface area contributed by atoms with Gasteiger partial charge in [-0.1, -0.05) is 25.6 Å². The van der Waals surface area contributed by atoms with Crippen LogP contribution in [0.25, 0.3) is 0 Å². The third-order valence-corrected chi connectivity index (χ3v) is 9.46. The van der Waals surface area contributed by atoms with E-state index in [2.05, 4.69) is 54.9 Å². The number of benzene rings is 2. The number of piperidine rings is 1. The molecule has 250 valence electrons. The molecule has 3 fully saturated rings. The molecule has 0 spiro atoms.